The lowest BCUT2D eigenvalue weighted by Crippen LogP contribution is -2.04. The first-order chi connectivity index (χ1) is 7.89. The molecule has 1 rings (SSSR count). The normalized spacial score (nSPS) is 11.8. The zero-order valence-corrected chi connectivity index (χ0v) is 9.12. The number of carbonyl (C=O) groups is 1. The fraction of sp³-hybridized carbons (Fsp3) is 0.250. The third kappa shape index (κ3) is 4.72. The van der Waals surface area contributed by atoms with Gasteiger partial charge >= 0.3 is 12.1 Å². The molecule has 0 saturated carbocycles. The van der Waals surface area contributed by atoms with Crippen LogP contribution in [-0.4, -0.2) is 12.6 Å². The van der Waals surface area contributed by atoms with Crippen LogP contribution in [0.2, 0.25) is 0 Å². The molecule has 0 saturated heterocycles. The largest absolute Gasteiger partial charge is 0.462 e. The number of benzene rings is 1. The van der Waals surface area contributed by atoms with E-state index in [1.807, 2.05) is 0 Å². The Kier molecular flexibility index (Phi) is 4.31. The Balaban J connectivity index is 2.69. The quantitative estimate of drug-likeness (QED) is 0.763. The number of hydrogen-bond donors (Lipinski definition) is 0. The molecule has 0 radical (unpaired) electrons. The third-order valence-electron chi connectivity index (χ3n) is 1.91. The minimum absolute atomic E-state index is 0.0472. The van der Waals surface area contributed by atoms with E-state index in [9.17, 15) is 18.0 Å². The lowest BCUT2D eigenvalue weighted by molar-refractivity contribution is -0.139. The lowest BCUT2D eigenvalue weighted by atomic mass is 10.1. The molecule has 1 aromatic carbocycles. The smallest absolute Gasteiger partial charge is 0.416 e. The minimum atomic E-state index is -4.35. The van der Waals surface area contributed by atoms with Gasteiger partial charge in [-0.2, -0.15) is 13.2 Å². The second-order valence-corrected chi connectivity index (χ2v) is 3.33. The summed E-state index contributed by atoms with van der Waals surface area (Å²) in [5, 5.41) is 0. The van der Waals surface area contributed by atoms with Gasteiger partial charge in [0.25, 0.3) is 0 Å². The molecular weight excluding hydrogens is 233 g/mol. The van der Waals surface area contributed by atoms with Crippen molar-refractivity contribution >= 4 is 12.0 Å². The maximum atomic E-state index is 12.4. The lowest BCUT2D eigenvalue weighted by Gasteiger charge is -2.06. The summed E-state index contributed by atoms with van der Waals surface area (Å²) in [7, 11) is 0. The van der Waals surface area contributed by atoms with Crippen molar-refractivity contribution < 1.29 is 22.7 Å². The summed E-state index contributed by atoms with van der Waals surface area (Å²) >= 11 is 0. The van der Waals surface area contributed by atoms with E-state index in [4.69, 9.17) is 0 Å². The molecule has 1 aromatic rings. The monoisotopic (exact) mass is 244 g/mol. The molecule has 0 heterocycles. The Morgan fingerprint density at radius 2 is 2.12 bits per heavy atom. The standard InChI is InChI=1S/C12H11F3O2/c1-9(16)17-7-3-5-10-4-2-6-11(8-10)12(13,14)15/h2-6,8H,7H2,1H3. The molecule has 0 unspecified atom stereocenters. The van der Waals surface area contributed by atoms with Crippen molar-refractivity contribution in [2.24, 2.45) is 0 Å². The zero-order valence-electron chi connectivity index (χ0n) is 9.12. The Morgan fingerprint density at radius 3 is 2.71 bits per heavy atom. The molecule has 5 heteroatoms. The van der Waals surface area contributed by atoms with E-state index in [2.05, 4.69) is 4.74 Å². The predicted octanol–water partition coefficient (Wildman–Crippen LogP) is 3.28. The predicted molar refractivity (Wildman–Crippen MR) is 57.1 cm³/mol. The zero-order chi connectivity index (χ0) is 12.9. The summed E-state index contributed by atoms with van der Waals surface area (Å²) in [6.07, 6.45) is -1.39. The molecule has 2 nitrogen and oxygen atoms in total. The van der Waals surface area contributed by atoms with E-state index >= 15 is 0 Å². The number of halogens is 3. The van der Waals surface area contributed by atoms with E-state index in [1.54, 1.807) is 6.07 Å². The van der Waals surface area contributed by atoms with Gasteiger partial charge in [0.15, 0.2) is 0 Å². The Labute approximate surface area is 96.7 Å². The molecule has 0 N–H and O–H groups in total. The first-order valence-corrected chi connectivity index (χ1v) is 4.87. The molecule has 0 aliphatic rings. The molecule has 0 atom stereocenters. The van der Waals surface area contributed by atoms with Crippen LogP contribution in [0, 0.1) is 0 Å². The van der Waals surface area contributed by atoms with Crippen LogP contribution >= 0.6 is 0 Å². The fourth-order valence-electron chi connectivity index (χ4n) is 1.17. The van der Waals surface area contributed by atoms with Crippen LogP contribution in [0.25, 0.3) is 6.08 Å². The van der Waals surface area contributed by atoms with Gasteiger partial charge in [0.2, 0.25) is 0 Å². The van der Waals surface area contributed by atoms with Gasteiger partial charge in [-0.1, -0.05) is 18.2 Å². The van der Waals surface area contributed by atoms with Crippen molar-refractivity contribution in [1.82, 2.24) is 0 Å². The highest BCUT2D eigenvalue weighted by molar-refractivity contribution is 5.66. The first-order valence-electron chi connectivity index (χ1n) is 4.87. The van der Waals surface area contributed by atoms with Crippen LogP contribution in [-0.2, 0) is 15.7 Å². The molecule has 17 heavy (non-hydrogen) atoms. The van der Waals surface area contributed by atoms with Gasteiger partial charge in [-0.05, 0) is 23.8 Å². The number of ether oxygens (including phenoxy) is 1. The van der Waals surface area contributed by atoms with E-state index in [0.717, 1.165) is 12.1 Å². The summed E-state index contributed by atoms with van der Waals surface area (Å²) < 4.78 is 41.7. The number of rotatable bonds is 3. The first kappa shape index (κ1) is 13.3. The Bertz CT molecular complexity index is 422. The molecule has 0 amide bonds. The number of carbonyl (C=O) groups excluding carboxylic acids is 1. The number of esters is 1. The van der Waals surface area contributed by atoms with E-state index in [0.29, 0.717) is 5.56 Å². The van der Waals surface area contributed by atoms with E-state index in [-0.39, 0.29) is 6.61 Å². The van der Waals surface area contributed by atoms with Gasteiger partial charge in [0, 0.05) is 6.92 Å². The van der Waals surface area contributed by atoms with Crippen LogP contribution in [0.15, 0.2) is 30.3 Å². The van der Waals surface area contributed by atoms with Crippen molar-refractivity contribution in [1.29, 1.82) is 0 Å². The van der Waals surface area contributed by atoms with Crippen molar-refractivity contribution in [3.63, 3.8) is 0 Å². The van der Waals surface area contributed by atoms with Gasteiger partial charge in [-0.15, -0.1) is 0 Å². The minimum Gasteiger partial charge on any atom is -0.462 e. The topological polar surface area (TPSA) is 26.3 Å². The second-order valence-electron chi connectivity index (χ2n) is 3.33. The highest BCUT2D eigenvalue weighted by Gasteiger charge is 2.30. The number of hydrogen-bond acceptors (Lipinski definition) is 2. The summed E-state index contributed by atoms with van der Waals surface area (Å²) in [5.74, 6) is -0.432. The van der Waals surface area contributed by atoms with Crippen molar-refractivity contribution in [2.45, 2.75) is 13.1 Å². The summed E-state index contributed by atoms with van der Waals surface area (Å²) in [5.41, 5.74) is -0.292. The van der Waals surface area contributed by atoms with Crippen molar-refractivity contribution in [2.75, 3.05) is 6.61 Å². The van der Waals surface area contributed by atoms with Crippen LogP contribution < -0.4 is 0 Å². The Hall–Kier alpha value is -1.78. The molecule has 0 bridgehead atoms. The van der Waals surface area contributed by atoms with Crippen molar-refractivity contribution in [3.05, 3.63) is 41.5 Å². The van der Waals surface area contributed by atoms with Crippen LogP contribution in [0.3, 0.4) is 0 Å². The maximum Gasteiger partial charge on any atom is 0.416 e. The van der Waals surface area contributed by atoms with E-state index < -0.39 is 17.7 Å². The van der Waals surface area contributed by atoms with E-state index in [1.165, 1.54) is 25.1 Å². The number of alkyl halides is 3. The average molecular weight is 244 g/mol. The SMILES string of the molecule is CC(=O)OCC=Cc1cccc(C(F)(F)F)c1. The summed E-state index contributed by atoms with van der Waals surface area (Å²) in [4.78, 5) is 10.4. The summed E-state index contributed by atoms with van der Waals surface area (Å²) in [6, 6.07) is 4.90. The molecular formula is C12H11F3O2. The van der Waals surface area contributed by atoms with Gasteiger partial charge in [-0.3, -0.25) is 4.79 Å². The summed E-state index contributed by atoms with van der Waals surface area (Å²) in [6.45, 7) is 1.31. The average Bonchev–Trinajstić information content (AvgIpc) is 2.23. The van der Waals surface area contributed by atoms with Gasteiger partial charge in [0.05, 0.1) is 5.56 Å². The maximum absolute atomic E-state index is 12.4. The molecule has 0 aromatic heterocycles. The molecule has 92 valence electrons. The van der Waals surface area contributed by atoms with Crippen molar-refractivity contribution in [3.8, 4) is 0 Å². The molecule has 0 aliphatic heterocycles. The van der Waals surface area contributed by atoms with Gasteiger partial charge < -0.3 is 4.74 Å². The molecule has 0 aliphatic carbocycles. The highest BCUT2D eigenvalue weighted by atomic mass is 19.4. The van der Waals surface area contributed by atoms with Crippen LogP contribution in [0.1, 0.15) is 18.1 Å². The highest BCUT2D eigenvalue weighted by Crippen LogP contribution is 2.29. The van der Waals surface area contributed by atoms with Gasteiger partial charge in [0.1, 0.15) is 6.61 Å². The second kappa shape index (κ2) is 5.52. The molecule has 0 fully saturated rings. The van der Waals surface area contributed by atoms with Crippen LogP contribution in [0.4, 0.5) is 13.2 Å². The Morgan fingerprint density at radius 1 is 1.41 bits per heavy atom. The van der Waals surface area contributed by atoms with Gasteiger partial charge in [-0.25, -0.2) is 0 Å². The van der Waals surface area contributed by atoms with Crippen LogP contribution in [0.5, 0.6) is 0 Å². The fourth-order valence-corrected chi connectivity index (χ4v) is 1.17. The molecule has 0 spiro atoms. The third-order valence-corrected chi connectivity index (χ3v) is 1.91.